The van der Waals surface area contributed by atoms with E-state index in [-0.39, 0.29) is 22.9 Å². The molecule has 2 amide bonds. The molecule has 9 heteroatoms. The highest BCUT2D eigenvalue weighted by molar-refractivity contribution is 7.80. The molecule has 0 atom stereocenters. The van der Waals surface area contributed by atoms with Crippen LogP contribution in [0.4, 0.5) is 11.4 Å². The van der Waals surface area contributed by atoms with E-state index in [0.29, 0.717) is 29.3 Å². The summed E-state index contributed by atoms with van der Waals surface area (Å²) < 4.78 is 16.0. The lowest BCUT2D eigenvalue weighted by Gasteiger charge is -2.15. The molecule has 0 aliphatic rings. The molecule has 3 rings (SSSR count). The molecule has 0 saturated carbocycles. The van der Waals surface area contributed by atoms with Crippen molar-refractivity contribution in [3.63, 3.8) is 0 Å². The van der Waals surface area contributed by atoms with Gasteiger partial charge in [0.15, 0.2) is 10.9 Å². The van der Waals surface area contributed by atoms with Crippen LogP contribution in [0.25, 0.3) is 0 Å². The fourth-order valence-corrected chi connectivity index (χ4v) is 3.08. The summed E-state index contributed by atoms with van der Waals surface area (Å²) in [6, 6.07) is 15.3. The topological polar surface area (TPSA) is 102 Å². The molecule has 172 valence electrons. The lowest BCUT2D eigenvalue weighted by atomic mass is 10.1. The highest BCUT2D eigenvalue weighted by atomic mass is 32.1. The van der Waals surface area contributed by atoms with E-state index in [1.165, 1.54) is 13.4 Å². The van der Waals surface area contributed by atoms with Crippen LogP contribution in [0.5, 0.6) is 5.75 Å². The number of amides is 2. The second-order valence-electron chi connectivity index (χ2n) is 7.31. The summed E-state index contributed by atoms with van der Waals surface area (Å²) in [7, 11) is 1.51. The fourth-order valence-electron chi connectivity index (χ4n) is 2.88. The Morgan fingerprint density at radius 2 is 1.85 bits per heavy atom. The van der Waals surface area contributed by atoms with E-state index in [1.54, 1.807) is 48.5 Å². The Kier molecular flexibility index (Phi) is 8.17. The molecule has 1 aromatic heterocycles. The Bertz CT molecular complexity index is 1130. The number of nitrogens with one attached hydrogen (secondary N) is 3. The third kappa shape index (κ3) is 6.90. The number of carbonyl (C=O) groups is 2. The van der Waals surface area contributed by atoms with Crippen LogP contribution < -0.4 is 20.7 Å². The normalized spacial score (nSPS) is 10.5. The number of hydrogen-bond donors (Lipinski definition) is 3. The van der Waals surface area contributed by atoms with Gasteiger partial charge in [-0.05, 0) is 74.1 Å². The van der Waals surface area contributed by atoms with Crippen LogP contribution in [0.15, 0.2) is 65.3 Å². The number of methoxy groups -OCH3 is 1. The molecule has 3 N–H and O–H groups in total. The quantitative estimate of drug-likeness (QED) is 0.417. The molecule has 2 aromatic carbocycles. The number of furan rings is 1. The van der Waals surface area contributed by atoms with Crippen molar-refractivity contribution in [2.75, 3.05) is 17.7 Å². The summed E-state index contributed by atoms with van der Waals surface area (Å²) >= 11 is 5.31. The van der Waals surface area contributed by atoms with Gasteiger partial charge in [-0.2, -0.15) is 0 Å². The van der Waals surface area contributed by atoms with Gasteiger partial charge >= 0.3 is 0 Å². The first-order valence-corrected chi connectivity index (χ1v) is 10.6. The number of benzene rings is 2. The maximum atomic E-state index is 12.7. The Hall–Kier alpha value is -3.69. The number of carbonyl (C=O) groups excluding carboxylic acids is 2. The lowest BCUT2D eigenvalue weighted by Crippen LogP contribution is -2.34. The van der Waals surface area contributed by atoms with E-state index in [0.717, 1.165) is 5.56 Å². The molecule has 0 saturated heterocycles. The first-order valence-electron chi connectivity index (χ1n) is 10.2. The molecule has 0 bridgehead atoms. The maximum Gasteiger partial charge on any atom is 0.291 e. The molecule has 1 heterocycles. The monoisotopic (exact) mass is 467 g/mol. The maximum absolute atomic E-state index is 12.7. The van der Waals surface area contributed by atoms with Crippen LogP contribution in [0, 0.1) is 0 Å². The van der Waals surface area contributed by atoms with Crippen LogP contribution in [0.3, 0.4) is 0 Å². The van der Waals surface area contributed by atoms with E-state index in [2.05, 4.69) is 16.0 Å². The third-order valence-corrected chi connectivity index (χ3v) is 4.65. The Morgan fingerprint density at radius 3 is 2.55 bits per heavy atom. The van der Waals surface area contributed by atoms with Crippen LogP contribution in [-0.2, 0) is 11.3 Å². The van der Waals surface area contributed by atoms with E-state index in [1.807, 2.05) is 19.9 Å². The van der Waals surface area contributed by atoms with Crippen molar-refractivity contribution in [2.24, 2.45) is 0 Å². The van der Waals surface area contributed by atoms with Gasteiger partial charge in [0.1, 0.15) is 5.75 Å². The molecule has 0 radical (unpaired) electrons. The summed E-state index contributed by atoms with van der Waals surface area (Å²) in [5, 5.41) is 8.41. The van der Waals surface area contributed by atoms with Crippen molar-refractivity contribution < 1.29 is 23.5 Å². The minimum absolute atomic E-state index is 0.0802. The van der Waals surface area contributed by atoms with Gasteiger partial charge in [-0.15, -0.1) is 0 Å². The van der Waals surface area contributed by atoms with Gasteiger partial charge in [0.2, 0.25) is 0 Å². The average Bonchev–Trinajstić information content (AvgIpc) is 3.33. The largest absolute Gasteiger partial charge is 0.495 e. The molecular weight excluding hydrogens is 442 g/mol. The Labute approximate surface area is 197 Å². The smallest absolute Gasteiger partial charge is 0.291 e. The Morgan fingerprint density at radius 1 is 1.03 bits per heavy atom. The van der Waals surface area contributed by atoms with Crippen molar-refractivity contribution in [3.8, 4) is 5.75 Å². The van der Waals surface area contributed by atoms with Gasteiger partial charge in [0.05, 0.1) is 31.8 Å². The first-order chi connectivity index (χ1) is 15.9. The molecule has 0 spiro atoms. The third-order valence-electron chi connectivity index (χ3n) is 4.45. The Balaban J connectivity index is 1.66. The molecule has 0 fully saturated rings. The molecule has 0 aliphatic carbocycles. The van der Waals surface area contributed by atoms with Crippen LogP contribution in [-0.4, -0.2) is 30.1 Å². The summed E-state index contributed by atoms with van der Waals surface area (Å²) in [5.74, 6) is -0.0898. The molecule has 0 unspecified atom stereocenters. The van der Waals surface area contributed by atoms with Crippen molar-refractivity contribution in [3.05, 3.63) is 77.7 Å². The second kappa shape index (κ2) is 11.3. The fraction of sp³-hybridized carbons (Fsp3) is 0.208. The SMILES string of the molecule is COc1ccc(NC(=O)c2ccco2)cc1NC(=S)NC(=O)c1cccc(COC(C)C)c1. The number of rotatable bonds is 8. The lowest BCUT2D eigenvalue weighted by molar-refractivity contribution is 0.0656. The summed E-state index contributed by atoms with van der Waals surface area (Å²) in [6.45, 7) is 4.31. The van der Waals surface area contributed by atoms with Crippen LogP contribution in [0.2, 0.25) is 0 Å². The highest BCUT2D eigenvalue weighted by Gasteiger charge is 2.14. The van der Waals surface area contributed by atoms with Gasteiger partial charge in [-0.25, -0.2) is 0 Å². The van der Waals surface area contributed by atoms with Crippen LogP contribution >= 0.6 is 12.2 Å². The highest BCUT2D eigenvalue weighted by Crippen LogP contribution is 2.28. The molecule has 8 nitrogen and oxygen atoms in total. The molecule has 0 aliphatic heterocycles. The zero-order chi connectivity index (χ0) is 23.8. The number of thiocarbonyl (C=S) groups is 1. The van der Waals surface area contributed by atoms with Gasteiger partial charge in [0.25, 0.3) is 11.8 Å². The summed E-state index contributed by atoms with van der Waals surface area (Å²) in [4.78, 5) is 24.9. The minimum Gasteiger partial charge on any atom is -0.495 e. The zero-order valence-electron chi connectivity index (χ0n) is 18.5. The van der Waals surface area contributed by atoms with E-state index in [4.69, 9.17) is 26.1 Å². The average molecular weight is 468 g/mol. The standard InChI is InChI=1S/C24H25N3O5S/c1-15(2)32-14-16-6-4-7-17(12-16)22(28)27-24(33)26-19-13-18(9-10-20(19)30-3)25-23(29)21-8-5-11-31-21/h4-13,15H,14H2,1-3H3,(H,25,29)(H2,26,27,28,33). The van der Waals surface area contributed by atoms with Gasteiger partial charge in [-0.1, -0.05) is 12.1 Å². The predicted octanol–water partition coefficient (Wildman–Crippen LogP) is 4.59. The van der Waals surface area contributed by atoms with Crippen molar-refractivity contribution in [1.29, 1.82) is 0 Å². The second-order valence-corrected chi connectivity index (χ2v) is 7.72. The summed E-state index contributed by atoms with van der Waals surface area (Å²) in [6.07, 6.45) is 1.51. The summed E-state index contributed by atoms with van der Waals surface area (Å²) in [5.41, 5.74) is 2.30. The number of hydrogen-bond acceptors (Lipinski definition) is 6. The van der Waals surface area contributed by atoms with E-state index >= 15 is 0 Å². The molecule has 33 heavy (non-hydrogen) atoms. The van der Waals surface area contributed by atoms with Gasteiger partial charge < -0.3 is 24.5 Å². The van der Waals surface area contributed by atoms with Gasteiger partial charge in [-0.3, -0.25) is 14.9 Å². The first kappa shape index (κ1) is 24.0. The van der Waals surface area contributed by atoms with E-state index < -0.39 is 5.91 Å². The molecular formula is C24H25N3O5S. The number of ether oxygens (including phenoxy) is 2. The minimum atomic E-state index is -0.395. The van der Waals surface area contributed by atoms with Crippen LogP contribution in [0.1, 0.15) is 40.3 Å². The molecule has 3 aromatic rings. The zero-order valence-corrected chi connectivity index (χ0v) is 19.3. The number of anilines is 2. The van der Waals surface area contributed by atoms with Crippen molar-refractivity contribution in [2.45, 2.75) is 26.6 Å². The van der Waals surface area contributed by atoms with Crippen molar-refractivity contribution in [1.82, 2.24) is 5.32 Å². The van der Waals surface area contributed by atoms with E-state index in [9.17, 15) is 9.59 Å². The van der Waals surface area contributed by atoms with Gasteiger partial charge in [0, 0.05) is 11.3 Å². The van der Waals surface area contributed by atoms with Crippen molar-refractivity contribution >= 4 is 40.5 Å². The predicted molar refractivity (Wildman–Crippen MR) is 130 cm³/mol.